The smallest absolute Gasteiger partial charge is 0.321 e. The minimum atomic E-state index is -0.670. The second-order valence-corrected chi connectivity index (χ2v) is 6.36. The van der Waals surface area contributed by atoms with E-state index in [1.807, 2.05) is 23.7 Å². The zero-order valence-corrected chi connectivity index (χ0v) is 14.1. The monoisotopic (exact) mass is 357 g/mol. The number of aromatic nitrogens is 3. The molecule has 1 fully saturated rings. The van der Waals surface area contributed by atoms with Crippen LogP contribution < -0.4 is 5.32 Å². The fourth-order valence-electron chi connectivity index (χ4n) is 3.35. The van der Waals surface area contributed by atoms with Gasteiger partial charge in [0, 0.05) is 38.3 Å². The van der Waals surface area contributed by atoms with Crippen LogP contribution >= 0.6 is 0 Å². The summed E-state index contributed by atoms with van der Waals surface area (Å²) in [6.45, 7) is 0.976. The second kappa shape index (κ2) is 6.36. The summed E-state index contributed by atoms with van der Waals surface area (Å²) in [6, 6.07) is 6.26. The zero-order chi connectivity index (χ0) is 18.3. The molecule has 3 aromatic rings. The van der Waals surface area contributed by atoms with E-state index >= 15 is 0 Å². The Morgan fingerprint density at radius 3 is 2.96 bits per heavy atom. The molecule has 0 spiro atoms. The van der Waals surface area contributed by atoms with Crippen LogP contribution in [-0.2, 0) is 7.05 Å². The van der Waals surface area contributed by atoms with Crippen molar-refractivity contribution in [3.8, 4) is 0 Å². The summed E-state index contributed by atoms with van der Waals surface area (Å²) in [7, 11) is 1.91. The van der Waals surface area contributed by atoms with Gasteiger partial charge in [-0.2, -0.15) is 0 Å². The van der Waals surface area contributed by atoms with Gasteiger partial charge in [-0.25, -0.2) is 23.5 Å². The molecule has 2 aromatic heterocycles. The number of carbonyl (C=O) groups excluding carboxylic acids is 1. The van der Waals surface area contributed by atoms with Crippen LogP contribution in [0.4, 0.5) is 19.3 Å². The first-order chi connectivity index (χ1) is 12.5. The van der Waals surface area contributed by atoms with E-state index in [0.717, 1.165) is 41.6 Å². The number of hydrogen-bond acceptors (Lipinski definition) is 3. The van der Waals surface area contributed by atoms with Crippen LogP contribution in [-0.4, -0.2) is 38.6 Å². The minimum Gasteiger partial charge on any atom is -0.324 e. The van der Waals surface area contributed by atoms with Crippen molar-refractivity contribution < 1.29 is 13.6 Å². The number of likely N-dealkylation sites (tertiary alicyclic amines) is 1. The van der Waals surface area contributed by atoms with Crippen molar-refractivity contribution >= 4 is 22.9 Å². The normalized spacial score (nSPS) is 17.0. The average molecular weight is 357 g/mol. The van der Waals surface area contributed by atoms with Crippen LogP contribution in [0, 0.1) is 11.6 Å². The van der Waals surface area contributed by atoms with Gasteiger partial charge in [-0.1, -0.05) is 0 Å². The Bertz CT molecular complexity index is 987. The van der Waals surface area contributed by atoms with Crippen molar-refractivity contribution in [1.82, 2.24) is 19.4 Å². The van der Waals surface area contributed by atoms with Crippen LogP contribution in [0.3, 0.4) is 0 Å². The number of hydrogen-bond donors (Lipinski definition) is 1. The van der Waals surface area contributed by atoms with E-state index in [1.54, 1.807) is 11.1 Å². The molecule has 0 saturated carbocycles. The number of carbonyl (C=O) groups is 1. The van der Waals surface area contributed by atoms with Gasteiger partial charge in [0.1, 0.15) is 23.0 Å². The quantitative estimate of drug-likeness (QED) is 0.766. The van der Waals surface area contributed by atoms with Crippen LogP contribution in [0.5, 0.6) is 0 Å². The number of amides is 2. The van der Waals surface area contributed by atoms with Gasteiger partial charge in [0.2, 0.25) is 0 Å². The molecule has 1 aromatic carbocycles. The van der Waals surface area contributed by atoms with Gasteiger partial charge in [0.25, 0.3) is 0 Å². The molecule has 3 heterocycles. The number of rotatable bonds is 2. The highest BCUT2D eigenvalue weighted by Gasteiger charge is 2.31. The number of halogens is 2. The van der Waals surface area contributed by atoms with E-state index in [1.165, 1.54) is 0 Å². The molecular formula is C18H17F2N5O. The van der Waals surface area contributed by atoms with Gasteiger partial charge in [-0.15, -0.1) is 0 Å². The number of benzene rings is 1. The van der Waals surface area contributed by atoms with Crippen LogP contribution in [0.2, 0.25) is 0 Å². The van der Waals surface area contributed by atoms with Crippen LogP contribution in [0.15, 0.2) is 36.5 Å². The van der Waals surface area contributed by atoms with Gasteiger partial charge >= 0.3 is 6.03 Å². The van der Waals surface area contributed by atoms with Crippen molar-refractivity contribution in [2.24, 2.45) is 7.05 Å². The summed E-state index contributed by atoms with van der Waals surface area (Å²) in [5.74, 6) is -0.339. The van der Waals surface area contributed by atoms with Crippen molar-refractivity contribution in [2.75, 3.05) is 18.4 Å². The van der Waals surface area contributed by atoms with Gasteiger partial charge < -0.3 is 14.8 Å². The van der Waals surface area contributed by atoms with Crippen LogP contribution in [0.1, 0.15) is 18.2 Å². The van der Waals surface area contributed by atoms with E-state index in [0.29, 0.717) is 13.1 Å². The van der Waals surface area contributed by atoms with Gasteiger partial charge in [0.15, 0.2) is 5.65 Å². The standard InChI is InChI=1S/C18H17F2N5O/c1-24-16(22-14-3-2-7-21-17(14)24)11-6-8-25(10-11)18(26)23-15-9-12(19)4-5-13(15)20/h2-5,7,9,11H,6,8,10H2,1H3,(H,23,26)/t11-/m0/s1. The summed E-state index contributed by atoms with van der Waals surface area (Å²) < 4.78 is 28.9. The van der Waals surface area contributed by atoms with E-state index in [2.05, 4.69) is 15.3 Å². The third-order valence-electron chi connectivity index (χ3n) is 4.67. The third-order valence-corrected chi connectivity index (χ3v) is 4.67. The molecule has 134 valence electrons. The Kier molecular flexibility index (Phi) is 4.02. The topological polar surface area (TPSA) is 63.1 Å². The lowest BCUT2D eigenvalue weighted by atomic mass is 10.1. The number of nitrogens with one attached hydrogen (secondary N) is 1. The predicted molar refractivity (Wildman–Crippen MR) is 92.8 cm³/mol. The van der Waals surface area contributed by atoms with Crippen LogP contribution in [0.25, 0.3) is 11.2 Å². The minimum absolute atomic E-state index is 0.0670. The molecular weight excluding hydrogens is 340 g/mol. The molecule has 1 aliphatic heterocycles. The molecule has 1 saturated heterocycles. The van der Waals surface area contributed by atoms with E-state index < -0.39 is 17.7 Å². The summed E-state index contributed by atoms with van der Waals surface area (Å²) in [4.78, 5) is 22.9. The average Bonchev–Trinajstić information content (AvgIpc) is 3.24. The maximum Gasteiger partial charge on any atom is 0.321 e. The molecule has 0 bridgehead atoms. The Labute approximate surface area is 148 Å². The first-order valence-corrected chi connectivity index (χ1v) is 8.31. The number of imidazole rings is 1. The fraction of sp³-hybridized carbons (Fsp3) is 0.278. The summed E-state index contributed by atoms with van der Waals surface area (Å²) in [5, 5.41) is 2.44. The highest BCUT2D eigenvalue weighted by Crippen LogP contribution is 2.29. The molecule has 1 aliphatic rings. The number of aryl methyl sites for hydroxylation is 1. The maximum atomic E-state index is 13.7. The number of urea groups is 1. The molecule has 0 aliphatic carbocycles. The van der Waals surface area contributed by atoms with Gasteiger partial charge in [0.05, 0.1) is 5.69 Å². The second-order valence-electron chi connectivity index (χ2n) is 6.36. The molecule has 4 rings (SSSR count). The first-order valence-electron chi connectivity index (χ1n) is 8.31. The van der Waals surface area contributed by atoms with E-state index in [-0.39, 0.29) is 11.6 Å². The lowest BCUT2D eigenvalue weighted by molar-refractivity contribution is 0.221. The van der Waals surface area contributed by atoms with Crippen molar-refractivity contribution in [2.45, 2.75) is 12.3 Å². The molecule has 0 radical (unpaired) electrons. The fourth-order valence-corrected chi connectivity index (χ4v) is 3.35. The molecule has 2 amide bonds. The Hall–Kier alpha value is -3.03. The molecule has 1 N–H and O–H groups in total. The highest BCUT2D eigenvalue weighted by molar-refractivity contribution is 5.89. The lowest BCUT2D eigenvalue weighted by Crippen LogP contribution is -2.33. The third kappa shape index (κ3) is 2.87. The predicted octanol–water partition coefficient (Wildman–Crippen LogP) is 3.27. The Morgan fingerprint density at radius 1 is 1.31 bits per heavy atom. The SMILES string of the molecule is Cn1c([C@H]2CCN(C(=O)Nc3cc(F)ccc3F)C2)nc2cccnc21. The van der Waals surface area contributed by atoms with Gasteiger partial charge in [-0.3, -0.25) is 0 Å². The van der Waals surface area contributed by atoms with Crippen molar-refractivity contribution in [1.29, 1.82) is 0 Å². The first kappa shape index (κ1) is 16.4. The molecule has 1 atom stereocenters. The molecule has 8 heteroatoms. The van der Waals surface area contributed by atoms with E-state index in [4.69, 9.17) is 0 Å². The molecule has 0 unspecified atom stereocenters. The Balaban J connectivity index is 1.50. The Morgan fingerprint density at radius 2 is 2.15 bits per heavy atom. The number of pyridine rings is 1. The lowest BCUT2D eigenvalue weighted by Gasteiger charge is -2.17. The van der Waals surface area contributed by atoms with Crippen molar-refractivity contribution in [3.05, 3.63) is 54.0 Å². The largest absolute Gasteiger partial charge is 0.324 e. The summed E-state index contributed by atoms with van der Waals surface area (Å²) >= 11 is 0. The number of fused-ring (bicyclic) bond motifs is 1. The van der Waals surface area contributed by atoms with Crippen molar-refractivity contribution in [3.63, 3.8) is 0 Å². The maximum absolute atomic E-state index is 13.7. The summed E-state index contributed by atoms with van der Waals surface area (Å²) in [6.07, 6.45) is 2.46. The zero-order valence-electron chi connectivity index (χ0n) is 14.1. The molecule has 26 heavy (non-hydrogen) atoms. The highest BCUT2D eigenvalue weighted by atomic mass is 19.1. The number of nitrogens with zero attached hydrogens (tertiary/aromatic N) is 4. The number of anilines is 1. The van der Waals surface area contributed by atoms with E-state index in [9.17, 15) is 13.6 Å². The summed E-state index contributed by atoms with van der Waals surface area (Å²) in [5.41, 5.74) is 1.45. The molecule has 6 nitrogen and oxygen atoms in total. The van der Waals surface area contributed by atoms with Gasteiger partial charge in [-0.05, 0) is 30.7 Å².